The summed E-state index contributed by atoms with van der Waals surface area (Å²) < 4.78 is 2.52. The third-order valence-electron chi connectivity index (χ3n) is 8.10. The molecule has 0 amide bonds. The molecule has 0 saturated heterocycles. The number of nitrogens with zero attached hydrogens (tertiary/aromatic N) is 3. The van der Waals surface area contributed by atoms with Gasteiger partial charge in [0.25, 0.3) is 0 Å². The van der Waals surface area contributed by atoms with Crippen molar-refractivity contribution in [1.82, 2.24) is 4.57 Å². The first-order valence-electron chi connectivity index (χ1n) is 13.3. The Hall–Kier alpha value is -3.25. The molecule has 1 atom stereocenters. The third kappa shape index (κ3) is 4.55. The molecule has 1 unspecified atom stereocenters. The normalized spacial score (nSPS) is 19.2. The van der Waals surface area contributed by atoms with Crippen LogP contribution in [0.15, 0.2) is 77.2 Å². The third-order valence-corrected chi connectivity index (χ3v) is 8.10. The van der Waals surface area contributed by atoms with Crippen molar-refractivity contribution < 1.29 is 0 Å². The summed E-state index contributed by atoms with van der Waals surface area (Å²) in [6.45, 7) is 12.7. The topological polar surface area (TPSA) is 12.5 Å². The molecule has 3 heteroatoms. The van der Waals surface area contributed by atoms with Crippen molar-refractivity contribution in [2.75, 3.05) is 11.9 Å². The Labute approximate surface area is 210 Å². The lowest BCUT2D eigenvalue weighted by Crippen LogP contribution is -2.22. The van der Waals surface area contributed by atoms with Crippen LogP contribution in [0.1, 0.15) is 65.2 Å². The van der Waals surface area contributed by atoms with Crippen molar-refractivity contribution in [1.29, 1.82) is 0 Å². The number of fused-ring (bicyclic) bond motifs is 4. The van der Waals surface area contributed by atoms with E-state index in [4.69, 9.17) is 6.57 Å². The molecule has 0 bridgehead atoms. The molecule has 3 aromatic rings. The number of unbranched alkanes of at least 4 members (excludes halogenated alkanes) is 3. The molecule has 5 rings (SSSR count). The van der Waals surface area contributed by atoms with Crippen LogP contribution in [0.25, 0.3) is 26.7 Å². The van der Waals surface area contributed by atoms with E-state index in [2.05, 4.69) is 82.9 Å². The van der Waals surface area contributed by atoms with Crippen LogP contribution in [0.3, 0.4) is 0 Å². The highest BCUT2D eigenvalue weighted by molar-refractivity contribution is 6.09. The average Bonchev–Trinajstić information content (AvgIpc) is 3.22. The highest BCUT2D eigenvalue weighted by Crippen LogP contribution is 2.40. The summed E-state index contributed by atoms with van der Waals surface area (Å²) in [4.78, 5) is 6.07. The van der Waals surface area contributed by atoms with E-state index in [1.165, 1.54) is 82.9 Å². The molecule has 0 N–H and O–H groups in total. The van der Waals surface area contributed by atoms with Gasteiger partial charge in [-0.25, -0.2) is 4.85 Å². The van der Waals surface area contributed by atoms with E-state index in [9.17, 15) is 0 Å². The zero-order valence-electron chi connectivity index (χ0n) is 21.5. The van der Waals surface area contributed by atoms with Gasteiger partial charge in [0.2, 0.25) is 0 Å². The Kier molecular flexibility index (Phi) is 6.82. The van der Waals surface area contributed by atoms with Gasteiger partial charge in [0.15, 0.2) is 5.70 Å². The maximum Gasteiger partial charge on any atom is 0.165 e. The van der Waals surface area contributed by atoms with Gasteiger partial charge < -0.3 is 9.47 Å². The highest BCUT2D eigenvalue weighted by Gasteiger charge is 2.25. The van der Waals surface area contributed by atoms with E-state index in [-0.39, 0.29) is 0 Å². The van der Waals surface area contributed by atoms with Crippen LogP contribution in [0.5, 0.6) is 0 Å². The summed E-state index contributed by atoms with van der Waals surface area (Å²) >= 11 is 0. The number of hydrogen-bond acceptors (Lipinski definition) is 1. The number of aromatic nitrogens is 1. The van der Waals surface area contributed by atoms with Gasteiger partial charge in [-0.2, -0.15) is 0 Å². The smallest absolute Gasteiger partial charge is 0.165 e. The van der Waals surface area contributed by atoms with E-state index >= 15 is 0 Å². The van der Waals surface area contributed by atoms with Gasteiger partial charge in [0.05, 0.1) is 6.57 Å². The summed E-state index contributed by atoms with van der Waals surface area (Å²) in [6, 6.07) is 15.9. The molecule has 0 fully saturated rings. The van der Waals surface area contributed by atoms with Crippen LogP contribution >= 0.6 is 0 Å². The first kappa shape index (κ1) is 23.5. The molecule has 1 aromatic heterocycles. The fourth-order valence-electron chi connectivity index (χ4n) is 5.92. The quantitative estimate of drug-likeness (QED) is 0.251. The number of rotatable bonds is 7. The maximum atomic E-state index is 7.39. The second kappa shape index (κ2) is 10.2. The molecular formula is C32H37N3. The largest absolute Gasteiger partial charge is 0.348 e. The Morgan fingerprint density at radius 3 is 2.63 bits per heavy atom. The summed E-state index contributed by atoms with van der Waals surface area (Å²) in [6.07, 6.45) is 14.3. The molecule has 35 heavy (non-hydrogen) atoms. The Bertz CT molecular complexity index is 1380. The van der Waals surface area contributed by atoms with Gasteiger partial charge in [0, 0.05) is 46.8 Å². The van der Waals surface area contributed by atoms with Gasteiger partial charge in [-0.05, 0) is 86.4 Å². The summed E-state index contributed by atoms with van der Waals surface area (Å²) in [5.41, 5.74) is 8.79. The molecule has 2 aromatic carbocycles. The van der Waals surface area contributed by atoms with Gasteiger partial charge in [-0.1, -0.05) is 50.5 Å². The van der Waals surface area contributed by atoms with Crippen LogP contribution in [-0.2, 0) is 6.54 Å². The van der Waals surface area contributed by atoms with Crippen molar-refractivity contribution in [3.63, 3.8) is 0 Å². The standard InChI is InChI=1S/C32H37N3/c1-5-6-7-10-19-35-31-12-9-8-11-29(31)30-22-28(17-18-32(30)35)34(4)27-16-15-24-13-14-25(23(2)33-3)20-26(24)21-27/h8-9,11-12,17-18,20-22,24H,5-7,10,13-16,19H2,1-2,4H3/b25-23-. The van der Waals surface area contributed by atoms with E-state index < -0.39 is 0 Å². The monoisotopic (exact) mass is 463 g/mol. The zero-order chi connectivity index (χ0) is 24.4. The van der Waals surface area contributed by atoms with E-state index in [1.807, 2.05) is 6.92 Å². The maximum absolute atomic E-state index is 7.39. The molecule has 180 valence electrons. The molecule has 3 nitrogen and oxygen atoms in total. The lowest BCUT2D eigenvalue weighted by atomic mass is 9.78. The molecule has 2 aliphatic rings. The Balaban J connectivity index is 1.49. The highest BCUT2D eigenvalue weighted by atomic mass is 15.1. The number of hydrogen-bond donors (Lipinski definition) is 0. The van der Waals surface area contributed by atoms with Gasteiger partial charge in [-0.15, -0.1) is 0 Å². The van der Waals surface area contributed by atoms with Crippen molar-refractivity contribution in [3.05, 3.63) is 88.6 Å². The van der Waals surface area contributed by atoms with Gasteiger partial charge in [-0.3, -0.25) is 0 Å². The minimum Gasteiger partial charge on any atom is -0.348 e. The lowest BCUT2D eigenvalue weighted by molar-refractivity contribution is 0.495. The SMILES string of the molecule is [C-]#[N+]/C(C)=C1\C=C2C=C(N(C)c3ccc4c(c3)c3ccccc3n4CCCCCC)CCC2CC1. The number of benzene rings is 2. The van der Waals surface area contributed by atoms with Crippen LogP contribution < -0.4 is 4.90 Å². The fraction of sp³-hybridized carbons (Fsp3) is 0.406. The molecule has 0 aliphatic heterocycles. The molecule has 0 radical (unpaired) electrons. The number of aryl methyl sites for hydroxylation is 1. The second-order valence-electron chi connectivity index (χ2n) is 10.3. The van der Waals surface area contributed by atoms with Crippen molar-refractivity contribution in [3.8, 4) is 0 Å². The first-order valence-corrected chi connectivity index (χ1v) is 13.3. The molecule has 2 aliphatic carbocycles. The van der Waals surface area contributed by atoms with Crippen molar-refractivity contribution in [2.45, 2.75) is 71.8 Å². The molecule has 0 saturated carbocycles. The van der Waals surface area contributed by atoms with Crippen LogP contribution in [0.4, 0.5) is 5.69 Å². The molecule has 0 spiro atoms. The number of para-hydroxylation sites is 1. The van der Waals surface area contributed by atoms with Crippen molar-refractivity contribution in [2.24, 2.45) is 5.92 Å². The fourth-order valence-corrected chi connectivity index (χ4v) is 5.92. The van der Waals surface area contributed by atoms with Gasteiger partial charge in [0.1, 0.15) is 0 Å². The van der Waals surface area contributed by atoms with Crippen LogP contribution in [0.2, 0.25) is 0 Å². The lowest BCUT2D eigenvalue weighted by Gasteiger charge is -2.33. The minimum absolute atomic E-state index is 0.641. The van der Waals surface area contributed by atoms with Gasteiger partial charge >= 0.3 is 0 Å². The number of allylic oxidation sites excluding steroid dienone is 6. The minimum atomic E-state index is 0.641. The predicted molar refractivity (Wildman–Crippen MR) is 149 cm³/mol. The van der Waals surface area contributed by atoms with Crippen LogP contribution in [0, 0.1) is 12.5 Å². The second-order valence-corrected chi connectivity index (χ2v) is 10.3. The summed E-state index contributed by atoms with van der Waals surface area (Å²) in [7, 11) is 2.21. The Morgan fingerprint density at radius 2 is 1.80 bits per heavy atom. The van der Waals surface area contributed by atoms with E-state index in [0.29, 0.717) is 5.92 Å². The number of anilines is 1. The predicted octanol–water partition coefficient (Wildman–Crippen LogP) is 9.02. The molecular weight excluding hydrogens is 426 g/mol. The van der Waals surface area contributed by atoms with Crippen LogP contribution in [-0.4, -0.2) is 11.6 Å². The first-order chi connectivity index (χ1) is 17.1. The summed E-state index contributed by atoms with van der Waals surface area (Å²) in [5.74, 6) is 0.641. The molecule has 1 heterocycles. The zero-order valence-corrected chi connectivity index (χ0v) is 21.5. The summed E-state index contributed by atoms with van der Waals surface area (Å²) in [5, 5.41) is 2.70. The van der Waals surface area contributed by atoms with E-state index in [1.54, 1.807) is 0 Å². The van der Waals surface area contributed by atoms with Crippen molar-refractivity contribution >= 4 is 27.5 Å². The average molecular weight is 464 g/mol. The Morgan fingerprint density at radius 1 is 1.00 bits per heavy atom. The van der Waals surface area contributed by atoms with E-state index in [0.717, 1.165) is 25.1 Å².